The molecule has 0 bridgehead atoms. The molecule has 0 saturated carbocycles. The number of nitro groups is 1. The Labute approximate surface area is 103 Å². The molecule has 6 nitrogen and oxygen atoms in total. The van der Waals surface area contributed by atoms with Gasteiger partial charge in [-0.2, -0.15) is 0 Å². The number of nitrogens with two attached hydrogens (primary N) is 1. The number of aromatic nitrogens is 2. The molecule has 0 aliphatic rings. The minimum atomic E-state index is -1.67. The van der Waals surface area contributed by atoms with E-state index in [1.807, 2.05) is 0 Å². The lowest BCUT2D eigenvalue weighted by Gasteiger charge is -2.04. The lowest BCUT2D eigenvalue weighted by molar-refractivity contribution is -0.384. The first-order valence-corrected chi connectivity index (χ1v) is 4.82. The van der Waals surface area contributed by atoms with E-state index in [2.05, 4.69) is 9.97 Å². The summed E-state index contributed by atoms with van der Waals surface area (Å²) >= 11 is 0. The van der Waals surface area contributed by atoms with Gasteiger partial charge in [0, 0.05) is 5.56 Å². The molecule has 2 aromatic rings. The lowest BCUT2D eigenvalue weighted by atomic mass is 10.1. The molecule has 0 unspecified atom stereocenters. The summed E-state index contributed by atoms with van der Waals surface area (Å²) < 4.78 is 39.0. The average molecular weight is 270 g/mol. The van der Waals surface area contributed by atoms with Crippen molar-refractivity contribution in [1.82, 2.24) is 9.97 Å². The molecular formula is C10H5F3N4O2. The Morgan fingerprint density at radius 3 is 2.32 bits per heavy atom. The Balaban J connectivity index is 2.71. The average Bonchev–Trinajstić information content (AvgIpc) is 2.34. The van der Waals surface area contributed by atoms with E-state index in [0.717, 1.165) is 6.20 Å². The van der Waals surface area contributed by atoms with Crippen molar-refractivity contribution in [2.24, 2.45) is 0 Å². The van der Waals surface area contributed by atoms with E-state index in [9.17, 15) is 23.3 Å². The van der Waals surface area contributed by atoms with Gasteiger partial charge in [-0.05, 0) is 12.1 Å². The summed E-state index contributed by atoms with van der Waals surface area (Å²) in [6.07, 6.45) is 0.802. The van der Waals surface area contributed by atoms with Gasteiger partial charge in [0.2, 0.25) is 5.95 Å². The molecule has 1 aromatic heterocycles. The minimum absolute atomic E-state index is 0.308. The summed E-state index contributed by atoms with van der Waals surface area (Å²) in [5, 5.41) is 10.8. The maximum atomic E-state index is 13.1. The second-order valence-electron chi connectivity index (χ2n) is 3.47. The molecule has 2 N–H and O–H groups in total. The molecule has 0 atom stereocenters. The van der Waals surface area contributed by atoms with Gasteiger partial charge in [0.05, 0.1) is 4.92 Å². The summed E-state index contributed by atoms with van der Waals surface area (Å²) in [6.45, 7) is 0. The van der Waals surface area contributed by atoms with Crippen LogP contribution in [0.4, 0.5) is 24.8 Å². The summed E-state index contributed by atoms with van der Waals surface area (Å²) in [4.78, 5) is 16.9. The highest BCUT2D eigenvalue weighted by molar-refractivity contribution is 5.69. The third-order valence-electron chi connectivity index (χ3n) is 2.24. The molecule has 19 heavy (non-hydrogen) atoms. The van der Waals surface area contributed by atoms with Crippen LogP contribution in [0.2, 0.25) is 0 Å². The quantitative estimate of drug-likeness (QED) is 0.512. The van der Waals surface area contributed by atoms with Crippen LogP contribution < -0.4 is 5.73 Å². The van der Waals surface area contributed by atoms with Crippen molar-refractivity contribution < 1.29 is 18.1 Å². The highest BCUT2D eigenvalue weighted by Gasteiger charge is 2.21. The van der Waals surface area contributed by atoms with Gasteiger partial charge < -0.3 is 5.73 Å². The van der Waals surface area contributed by atoms with Crippen LogP contribution in [0.15, 0.2) is 18.3 Å². The van der Waals surface area contributed by atoms with Crippen molar-refractivity contribution in [2.75, 3.05) is 5.73 Å². The highest BCUT2D eigenvalue weighted by Crippen LogP contribution is 2.29. The van der Waals surface area contributed by atoms with Gasteiger partial charge in [-0.25, -0.2) is 23.1 Å². The van der Waals surface area contributed by atoms with Crippen LogP contribution in [0.5, 0.6) is 0 Å². The molecule has 9 heteroatoms. The summed E-state index contributed by atoms with van der Waals surface area (Å²) in [7, 11) is 0. The number of nitrogen functional groups attached to an aromatic ring is 1. The third kappa shape index (κ3) is 2.30. The van der Waals surface area contributed by atoms with Gasteiger partial charge in [0.25, 0.3) is 0 Å². The van der Waals surface area contributed by atoms with Crippen molar-refractivity contribution in [3.05, 3.63) is 45.9 Å². The van der Waals surface area contributed by atoms with Gasteiger partial charge >= 0.3 is 5.69 Å². The minimum Gasteiger partial charge on any atom is -0.368 e. The summed E-state index contributed by atoms with van der Waals surface area (Å²) in [6, 6.07) is 1.18. The van der Waals surface area contributed by atoms with Gasteiger partial charge in [0.1, 0.15) is 6.20 Å². The maximum Gasteiger partial charge on any atom is 0.313 e. The fourth-order valence-electron chi connectivity index (χ4n) is 1.43. The molecule has 0 aliphatic carbocycles. The third-order valence-corrected chi connectivity index (χ3v) is 2.24. The zero-order valence-corrected chi connectivity index (χ0v) is 9.10. The molecule has 0 amide bonds. The zero-order valence-electron chi connectivity index (χ0n) is 9.10. The van der Waals surface area contributed by atoms with Crippen molar-refractivity contribution in [3.8, 4) is 11.3 Å². The maximum absolute atomic E-state index is 13.1. The van der Waals surface area contributed by atoms with Crippen LogP contribution in [-0.4, -0.2) is 14.9 Å². The highest BCUT2D eigenvalue weighted by atomic mass is 19.2. The molecule has 0 radical (unpaired) electrons. The molecule has 0 saturated heterocycles. The second kappa shape index (κ2) is 4.52. The van der Waals surface area contributed by atoms with E-state index in [-0.39, 0.29) is 11.5 Å². The molecular weight excluding hydrogens is 265 g/mol. The van der Waals surface area contributed by atoms with Crippen molar-refractivity contribution in [2.45, 2.75) is 0 Å². The number of nitrogens with zero attached hydrogens (tertiary/aromatic N) is 3. The van der Waals surface area contributed by atoms with E-state index in [1.165, 1.54) is 0 Å². The second-order valence-corrected chi connectivity index (χ2v) is 3.47. The first-order chi connectivity index (χ1) is 8.90. The van der Waals surface area contributed by atoms with E-state index in [4.69, 9.17) is 5.73 Å². The smallest absolute Gasteiger partial charge is 0.313 e. The molecule has 0 aliphatic heterocycles. The van der Waals surface area contributed by atoms with Gasteiger partial charge in [0.15, 0.2) is 23.1 Å². The lowest BCUT2D eigenvalue weighted by Crippen LogP contribution is -2.02. The van der Waals surface area contributed by atoms with Crippen LogP contribution in [0.3, 0.4) is 0 Å². The van der Waals surface area contributed by atoms with E-state index >= 15 is 0 Å². The van der Waals surface area contributed by atoms with Crippen LogP contribution in [-0.2, 0) is 0 Å². The first-order valence-electron chi connectivity index (χ1n) is 4.82. The zero-order chi connectivity index (χ0) is 14.2. The molecule has 0 fully saturated rings. The Bertz CT molecular complexity index is 655. The Hall–Kier alpha value is -2.71. The van der Waals surface area contributed by atoms with E-state index in [1.54, 1.807) is 0 Å². The van der Waals surface area contributed by atoms with Crippen molar-refractivity contribution >= 4 is 11.6 Å². The number of hydrogen-bond donors (Lipinski definition) is 1. The van der Waals surface area contributed by atoms with Crippen LogP contribution in [0.25, 0.3) is 11.3 Å². The van der Waals surface area contributed by atoms with Gasteiger partial charge in [-0.1, -0.05) is 0 Å². The first kappa shape index (κ1) is 12.7. The SMILES string of the molecule is Nc1ncc([N+](=O)[O-])c(-c2cc(F)c(F)c(F)c2)n1. The van der Waals surface area contributed by atoms with Crippen molar-refractivity contribution in [1.29, 1.82) is 0 Å². The topological polar surface area (TPSA) is 94.9 Å². The monoisotopic (exact) mass is 270 g/mol. The number of hydrogen-bond acceptors (Lipinski definition) is 5. The largest absolute Gasteiger partial charge is 0.368 e. The van der Waals surface area contributed by atoms with Gasteiger partial charge in [-0.3, -0.25) is 10.1 Å². The molecule has 98 valence electrons. The number of halogens is 3. The Morgan fingerprint density at radius 2 is 1.79 bits per heavy atom. The Morgan fingerprint density at radius 1 is 1.21 bits per heavy atom. The predicted octanol–water partition coefficient (Wildman–Crippen LogP) is 2.05. The van der Waals surface area contributed by atoms with Crippen LogP contribution in [0, 0.1) is 27.6 Å². The fraction of sp³-hybridized carbons (Fsp3) is 0. The molecule has 1 aromatic carbocycles. The van der Waals surface area contributed by atoms with Crippen molar-refractivity contribution in [3.63, 3.8) is 0 Å². The Kier molecular flexibility index (Phi) is 3.03. The van der Waals surface area contributed by atoms with E-state index < -0.39 is 33.8 Å². The molecule has 0 spiro atoms. The number of anilines is 1. The van der Waals surface area contributed by atoms with E-state index in [0.29, 0.717) is 12.1 Å². The standard InChI is InChI=1S/C10H5F3N4O2/c11-5-1-4(2-6(12)8(5)13)9-7(17(18)19)3-15-10(14)16-9/h1-3H,(H2,14,15,16). The molecule has 1 heterocycles. The normalized spacial score (nSPS) is 10.5. The fourth-order valence-corrected chi connectivity index (χ4v) is 1.43. The number of rotatable bonds is 2. The summed E-state index contributed by atoms with van der Waals surface area (Å²) in [5.74, 6) is -4.96. The van der Waals surface area contributed by atoms with Crippen LogP contribution >= 0.6 is 0 Å². The van der Waals surface area contributed by atoms with Crippen LogP contribution in [0.1, 0.15) is 0 Å². The number of benzene rings is 1. The summed E-state index contributed by atoms with van der Waals surface area (Å²) in [5.41, 5.74) is 3.97. The van der Waals surface area contributed by atoms with Gasteiger partial charge in [-0.15, -0.1) is 0 Å². The molecule has 2 rings (SSSR count). The predicted molar refractivity (Wildman–Crippen MR) is 58.4 cm³/mol.